The van der Waals surface area contributed by atoms with E-state index in [1.165, 1.54) is 5.56 Å². The van der Waals surface area contributed by atoms with E-state index in [1.807, 2.05) is 18.2 Å². The Bertz CT molecular complexity index is 577. The fourth-order valence-electron chi connectivity index (χ4n) is 1.83. The van der Waals surface area contributed by atoms with Gasteiger partial charge in [-0.3, -0.25) is 4.79 Å². The van der Waals surface area contributed by atoms with E-state index in [1.54, 1.807) is 19.2 Å². The van der Waals surface area contributed by atoms with Crippen LogP contribution in [0.2, 0.25) is 0 Å². The molecule has 0 aliphatic heterocycles. The van der Waals surface area contributed by atoms with Gasteiger partial charge >= 0.3 is 0 Å². The molecule has 98 valence electrons. The molecule has 0 spiro atoms. The van der Waals surface area contributed by atoms with Crippen LogP contribution in [0.3, 0.4) is 0 Å². The van der Waals surface area contributed by atoms with Crippen molar-refractivity contribution < 1.29 is 9.53 Å². The van der Waals surface area contributed by atoms with Crippen molar-refractivity contribution in [2.24, 2.45) is 0 Å². The first-order chi connectivity index (χ1) is 9.15. The second-order valence-electron chi connectivity index (χ2n) is 4.58. The molecule has 0 amide bonds. The molecular formula is C15H16N2O2. The van der Waals surface area contributed by atoms with Crippen LogP contribution in [-0.2, 0) is 0 Å². The largest absolute Gasteiger partial charge is 0.496 e. The number of aromatic nitrogens is 2. The number of carbonyl (C=O) groups is 1. The molecule has 0 atom stereocenters. The predicted octanol–water partition coefficient (Wildman–Crippen LogP) is 3.09. The minimum atomic E-state index is 0.322. The number of hydrogen-bond acceptors (Lipinski definition) is 4. The topological polar surface area (TPSA) is 52.1 Å². The van der Waals surface area contributed by atoms with Gasteiger partial charge in [-0.05, 0) is 35.7 Å². The zero-order valence-corrected chi connectivity index (χ0v) is 11.3. The van der Waals surface area contributed by atoms with Crippen molar-refractivity contribution in [1.29, 1.82) is 0 Å². The molecule has 0 fully saturated rings. The zero-order valence-electron chi connectivity index (χ0n) is 11.3. The molecule has 0 saturated carbocycles. The third-order valence-electron chi connectivity index (χ3n) is 2.97. The van der Waals surface area contributed by atoms with E-state index in [0.717, 1.165) is 11.3 Å². The summed E-state index contributed by atoms with van der Waals surface area (Å²) in [6, 6.07) is 9.45. The Labute approximate surface area is 112 Å². The monoisotopic (exact) mass is 256 g/mol. The number of aldehydes is 1. The molecule has 0 radical (unpaired) electrons. The van der Waals surface area contributed by atoms with Crippen molar-refractivity contribution >= 4 is 6.29 Å². The van der Waals surface area contributed by atoms with Gasteiger partial charge in [0.15, 0.2) is 6.29 Å². The number of rotatable bonds is 4. The highest BCUT2D eigenvalue weighted by atomic mass is 16.5. The molecule has 0 unspecified atom stereocenters. The number of carbonyl (C=O) groups excluding carboxylic acids is 1. The minimum Gasteiger partial charge on any atom is -0.496 e. The summed E-state index contributed by atoms with van der Waals surface area (Å²) in [5.74, 6) is 1.17. The normalized spacial score (nSPS) is 10.5. The molecule has 2 rings (SSSR count). The molecule has 2 aromatic rings. The zero-order chi connectivity index (χ0) is 13.8. The van der Waals surface area contributed by atoms with Crippen LogP contribution in [-0.4, -0.2) is 23.6 Å². The van der Waals surface area contributed by atoms with E-state index in [4.69, 9.17) is 4.74 Å². The van der Waals surface area contributed by atoms with Gasteiger partial charge in [0.25, 0.3) is 0 Å². The van der Waals surface area contributed by atoms with Crippen molar-refractivity contribution in [3.63, 3.8) is 0 Å². The van der Waals surface area contributed by atoms with Gasteiger partial charge in [0.2, 0.25) is 0 Å². The molecule has 0 aliphatic carbocycles. The summed E-state index contributed by atoms with van der Waals surface area (Å²) in [4.78, 5) is 10.6. The molecule has 1 aromatic carbocycles. The lowest BCUT2D eigenvalue weighted by atomic mass is 9.99. The van der Waals surface area contributed by atoms with Crippen LogP contribution in [0.1, 0.15) is 35.8 Å². The van der Waals surface area contributed by atoms with E-state index < -0.39 is 0 Å². The van der Waals surface area contributed by atoms with Gasteiger partial charge < -0.3 is 4.74 Å². The summed E-state index contributed by atoms with van der Waals surface area (Å²) in [6.07, 6.45) is 0.679. The SMILES string of the molecule is COc1ccc(C(C)C)cc1-c1ccc(C=O)nn1. The lowest BCUT2D eigenvalue weighted by molar-refractivity contribution is 0.111. The van der Waals surface area contributed by atoms with E-state index in [-0.39, 0.29) is 0 Å². The van der Waals surface area contributed by atoms with Gasteiger partial charge in [-0.15, -0.1) is 10.2 Å². The van der Waals surface area contributed by atoms with E-state index in [9.17, 15) is 4.79 Å². The van der Waals surface area contributed by atoms with Crippen LogP contribution >= 0.6 is 0 Å². The number of nitrogens with zero attached hydrogens (tertiary/aromatic N) is 2. The molecule has 1 aromatic heterocycles. The van der Waals surface area contributed by atoms with Crippen molar-refractivity contribution in [3.8, 4) is 17.0 Å². The number of methoxy groups -OCH3 is 1. The van der Waals surface area contributed by atoms with Gasteiger partial charge in [-0.1, -0.05) is 19.9 Å². The van der Waals surface area contributed by atoms with Gasteiger partial charge in [-0.2, -0.15) is 0 Å². The lowest BCUT2D eigenvalue weighted by Gasteiger charge is -2.12. The highest BCUT2D eigenvalue weighted by Crippen LogP contribution is 2.31. The van der Waals surface area contributed by atoms with Crippen LogP contribution in [0.15, 0.2) is 30.3 Å². The van der Waals surface area contributed by atoms with Gasteiger partial charge in [0.05, 0.1) is 12.8 Å². The second kappa shape index (κ2) is 5.61. The molecule has 4 nitrogen and oxygen atoms in total. The molecule has 4 heteroatoms. The third kappa shape index (κ3) is 2.78. The molecule has 0 N–H and O–H groups in total. The summed E-state index contributed by atoms with van der Waals surface area (Å²) in [6.45, 7) is 4.26. The molecule has 19 heavy (non-hydrogen) atoms. The average Bonchev–Trinajstić information content (AvgIpc) is 2.46. The van der Waals surface area contributed by atoms with Gasteiger partial charge in [0, 0.05) is 5.56 Å². The third-order valence-corrected chi connectivity index (χ3v) is 2.97. The first kappa shape index (κ1) is 13.2. The Morgan fingerprint density at radius 3 is 2.47 bits per heavy atom. The maximum Gasteiger partial charge on any atom is 0.170 e. The van der Waals surface area contributed by atoms with Crippen LogP contribution in [0.25, 0.3) is 11.3 Å². The van der Waals surface area contributed by atoms with Gasteiger partial charge in [0.1, 0.15) is 11.4 Å². The molecule has 0 aliphatic rings. The standard InChI is InChI=1S/C15H16N2O2/c1-10(2)11-4-7-15(19-3)13(8-11)14-6-5-12(9-18)16-17-14/h4-10H,1-3H3. The Morgan fingerprint density at radius 2 is 1.95 bits per heavy atom. The smallest absolute Gasteiger partial charge is 0.170 e. The van der Waals surface area contributed by atoms with E-state index in [0.29, 0.717) is 23.6 Å². The van der Waals surface area contributed by atoms with Crippen LogP contribution < -0.4 is 4.74 Å². The Morgan fingerprint density at radius 1 is 1.16 bits per heavy atom. The lowest BCUT2D eigenvalue weighted by Crippen LogP contribution is -1.97. The average molecular weight is 256 g/mol. The van der Waals surface area contributed by atoms with Gasteiger partial charge in [-0.25, -0.2) is 0 Å². The molecule has 1 heterocycles. The Hall–Kier alpha value is -2.23. The van der Waals surface area contributed by atoms with Crippen molar-refractivity contribution in [1.82, 2.24) is 10.2 Å². The quantitative estimate of drug-likeness (QED) is 0.789. The van der Waals surface area contributed by atoms with Crippen molar-refractivity contribution in [3.05, 3.63) is 41.6 Å². The van der Waals surface area contributed by atoms with Crippen LogP contribution in [0, 0.1) is 0 Å². The first-order valence-electron chi connectivity index (χ1n) is 6.13. The molecule has 0 bridgehead atoms. The second-order valence-corrected chi connectivity index (χ2v) is 4.58. The van der Waals surface area contributed by atoms with Crippen molar-refractivity contribution in [2.45, 2.75) is 19.8 Å². The van der Waals surface area contributed by atoms with Crippen LogP contribution in [0.5, 0.6) is 5.75 Å². The fraction of sp³-hybridized carbons (Fsp3) is 0.267. The molecule has 0 saturated heterocycles. The number of hydrogen-bond donors (Lipinski definition) is 0. The summed E-state index contributed by atoms with van der Waals surface area (Å²) < 4.78 is 5.35. The Kier molecular flexibility index (Phi) is 3.90. The van der Waals surface area contributed by atoms with E-state index in [2.05, 4.69) is 24.0 Å². The molecular weight excluding hydrogens is 240 g/mol. The fourth-order valence-corrected chi connectivity index (χ4v) is 1.83. The maximum absolute atomic E-state index is 10.6. The Balaban J connectivity index is 2.51. The highest BCUT2D eigenvalue weighted by molar-refractivity contribution is 5.73. The van der Waals surface area contributed by atoms with Crippen LogP contribution in [0.4, 0.5) is 0 Å². The summed E-state index contributed by atoms with van der Waals surface area (Å²) in [5.41, 5.74) is 3.11. The number of benzene rings is 1. The maximum atomic E-state index is 10.6. The summed E-state index contributed by atoms with van der Waals surface area (Å²) in [5, 5.41) is 7.92. The number of ether oxygens (including phenoxy) is 1. The predicted molar refractivity (Wildman–Crippen MR) is 73.5 cm³/mol. The summed E-state index contributed by atoms with van der Waals surface area (Å²) >= 11 is 0. The van der Waals surface area contributed by atoms with Crippen molar-refractivity contribution in [2.75, 3.05) is 7.11 Å². The highest BCUT2D eigenvalue weighted by Gasteiger charge is 2.10. The minimum absolute atomic E-state index is 0.322. The summed E-state index contributed by atoms with van der Waals surface area (Å²) in [7, 11) is 1.63. The first-order valence-corrected chi connectivity index (χ1v) is 6.13. The van der Waals surface area contributed by atoms with E-state index >= 15 is 0 Å².